The molecule has 6 nitrogen and oxygen atoms in total. The fourth-order valence-electron chi connectivity index (χ4n) is 1.73. The van der Waals surface area contributed by atoms with Gasteiger partial charge in [-0.2, -0.15) is 0 Å². The van der Waals surface area contributed by atoms with Crippen molar-refractivity contribution in [1.29, 1.82) is 0 Å². The molecule has 8 heteroatoms. The molecule has 1 aromatic carbocycles. The standard InChI is InChI=1S/C15H17N3O3S.Na/c1-15(2,14(20)21)8-11(19)16-9-12-17-18-13(22-12)10-6-4-3-5-7-10;/h3-7H,8-9H2,1-2H3,(H,16,19)(H,20,21);/q;+1/p-1. The Bertz CT molecular complexity index is 674. The van der Waals surface area contributed by atoms with Crippen LogP contribution in [0.3, 0.4) is 0 Å². The number of aliphatic carboxylic acids is 1. The van der Waals surface area contributed by atoms with Crippen molar-refractivity contribution >= 4 is 23.2 Å². The Morgan fingerprint density at radius 1 is 1.22 bits per heavy atom. The molecule has 0 bridgehead atoms. The van der Waals surface area contributed by atoms with Gasteiger partial charge in [0.2, 0.25) is 5.91 Å². The molecule has 116 valence electrons. The molecule has 1 N–H and O–H groups in total. The first-order chi connectivity index (χ1) is 10.4. The molecule has 0 aliphatic carbocycles. The van der Waals surface area contributed by atoms with Crippen molar-refractivity contribution in [3.8, 4) is 10.6 Å². The number of nitrogens with zero attached hydrogens (tertiary/aromatic N) is 2. The molecule has 0 fully saturated rings. The van der Waals surface area contributed by atoms with Crippen molar-refractivity contribution < 1.29 is 44.3 Å². The fraction of sp³-hybridized carbons (Fsp3) is 0.333. The molecule has 0 atom stereocenters. The zero-order chi connectivity index (χ0) is 16.2. The number of aromatic nitrogens is 2. The Morgan fingerprint density at radius 3 is 2.48 bits per heavy atom. The zero-order valence-electron chi connectivity index (χ0n) is 13.3. The normalized spacial score (nSPS) is 10.7. The van der Waals surface area contributed by atoms with E-state index in [2.05, 4.69) is 15.5 Å². The van der Waals surface area contributed by atoms with E-state index in [0.29, 0.717) is 5.01 Å². The van der Waals surface area contributed by atoms with Crippen LogP contribution in [0.15, 0.2) is 30.3 Å². The summed E-state index contributed by atoms with van der Waals surface area (Å²) in [6.45, 7) is 3.15. The minimum absolute atomic E-state index is 0. The van der Waals surface area contributed by atoms with Crippen LogP contribution < -0.4 is 40.0 Å². The van der Waals surface area contributed by atoms with E-state index < -0.39 is 11.4 Å². The summed E-state index contributed by atoms with van der Waals surface area (Å²) in [6.07, 6.45) is -0.139. The van der Waals surface area contributed by atoms with Crippen LogP contribution in [0.4, 0.5) is 0 Å². The average molecular weight is 341 g/mol. The van der Waals surface area contributed by atoms with E-state index in [1.54, 1.807) is 0 Å². The van der Waals surface area contributed by atoms with Gasteiger partial charge in [-0.3, -0.25) is 4.79 Å². The number of amides is 1. The topological polar surface area (TPSA) is 95.0 Å². The predicted molar refractivity (Wildman–Crippen MR) is 80.6 cm³/mol. The third-order valence-electron chi connectivity index (χ3n) is 3.08. The molecule has 0 saturated heterocycles. The van der Waals surface area contributed by atoms with Crippen molar-refractivity contribution in [3.63, 3.8) is 0 Å². The SMILES string of the molecule is CC(C)(CC(=O)NCc1nnc(-c2ccccc2)s1)C(=O)[O-].[Na+]. The van der Waals surface area contributed by atoms with E-state index in [9.17, 15) is 14.7 Å². The Morgan fingerprint density at radius 2 is 1.87 bits per heavy atom. The second-order valence-corrected chi connectivity index (χ2v) is 6.55. The summed E-state index contributed by atoms with van der Waals surface area (Å²) >= 11 is 1.39. The molecule has 23 heavy (non-hydrogen) atoms. The third-order valence-corrected chi connectivity index (χ3v) is 4.05. The maximum Gasteiger partial charge on any atom is 1.00 e. The molecule has 0 aliphatic heterocycles. The van der Waals surface area contributed by atoms with Crippen LogP contribution in [0.5, 0.6) is 0 Å². The van der Waals surface area contributed by atoms with E-state index in [4.69, 9.17) is 0 Å². The van der Waals surface area contributed by atoms with Gasteiger partial charge in [0, 0.05) is 23.4 Å². The van der Waals surface area contributed by atoms with Crippen LogP contribution in [-0.4, -0.2) is 22.1 Å². The van der Waals surface area contributed by atoms with Crippen molar-refractivity contribution in [2.45, 2.75) is 26.8 Å². The minimum atomic E-state index is -1.25. The van der Waals surface area contributed by atoms with Gasteiger partial charge in [0.05, 0.1) is 6.54 Å². The quantitative estimate of drug-likeness (QED) is 0.613. The van der Waals surface area contributed by atoms with Gasteiger partial charge in [-0.05, 0) is 0 Å². The summed E-state index contributed by atoms with van der Waals surface area (Å²) < 4.78 is 0. The Balaban J connectivity index is 0.00000264. The maximum atomic E-state index is 11.8. The van der Waals surface area contributed by atoms with Crippen LogP contribution >= 0.6 is 11.3 Å². The van der Waals surface area contributed by atoms with Crippen molar-refractivity contribution in [1.82, 2.24) is 15.5 Å². The van der Waals surface area contributed by atoms with Crippen molar-refractivity contribution in [3.05, 3.63) is 35.3 Å². The van der Waals surface area contributed by atoms with Gasteiger partial charge in [0.1, 0.15) is 10.0 Å². The number of benzene rings is 1. The first kappa shape index (κ1) is 19.8. The maximum absolute atomic E-state index is 11.8. The fourth-order valence-corrected chi connectivity index (χ4v) is 2.52. The van der Waals surface area contributed by atoms with Crippen molar-refractivity contribution in [2.75, 3.05) is 0 Å². The molecule has 0 aliphatic rings. The smallest absolute Gasteiger partial charge is 0.550 e. The zero-order valence-corrected chi connectivity index (χ0v) is 16.1. The Hall–Kier alpha value is -1.28. The molecule has 2 aromatic rings. The summed E-state index contributed by atoms with van der Waals surface area (Å²) in [7, 11) is 0. The third kappa shape index (κ3) is 5.69. The Kier molecular flexibility index (Phi) is 7.34. The number of carbonyl (C=O) groups is 2. The summed E-state index contributed by atoms with van der Waals surface area (Å²) in [4.78, 5) is 22.6. The number of carboxylic acids is 1. The summed E-state index contributed by atoms with van der Waals surface area (Å²) in [5.74, 6) is -1.60. The van der Waals surface area contributed by atoms with Crippen LogP contribution in [0, 0.1) is 5.41 Å². The van der Waals surface area contributed by atoms with Crippen LogP contribution in [-0.2, 0) is 16.1 Å². The summed E-state index contributed by atoms with van der Waals surface area (Å²) in [5, 5.41) is 23.1. The van der Waals surface area contributed by atoms with E-state index in [1.807, 2.05) is 30.3 Å². The molecule has 0 saturated carbocycles. The molecule has 0 spiro atoms. The molecule has 1 aromatic heterocycles. The van der Waals surface area contributed by atoms with Gasteiger partial charge >= 0.3 is 29.6 Å². The second-order valence-electron chi connectivity index (χ2n) is 5.49. The van der Waals surface area contributed by atoms with Crippen LogP contribution in [0.1, 0.15) is 25.3 Å². The van der Waals surface area contributed by atoms with Gasteiger partial charge in [0.15, 0.2) is 0 Å². The van der Waals surface area contributed by atoms with E-state index in [-0.39, 0.29) is 48.4 Å². The average Bonchev–Trinajstić information content (AvgIpc) is 2.94. The second kappa shape index (κ2) is 8.54. The number of hydrogen-bond acceptors (Lipinski definition) is 6. The predicted octanol–water partition coefficient (Wildman–Crippen LogP) is -2.01. The van der Waals surface area contributed by atoms with Crippen molar-refractivity contribution in [2.24, 2.45) is 5.41 Å². The molecule has 2 rings (SSSR count). The van der Waals surface area contributed by atoms with E-state index in [0.717, 1.165) is 10.6 Å². The Labute approximate surface area is 160 Å². The van der Waals surface area contributed by atoms with Gasteiger partial charge in [-0.15, -0.1) is 10.2 Å². The molecule has 1 amide bonds. The van der Waals surface area contributed by atoms with Gasteiger partial charge in [0.25, 0.3) is 0 Å². The van der Waals surface area contributed by atoms with Gasteiger partial charge < -0.3 is 15.2 Å². The number of nitrogens with one attached hydrogen (secondary N) is 1. The minimum Gasteiger partial charge on any atom is -0.550 e. The molecular weight excluding hydrogens is 325 g/mol. The monoisotopic (exact) mass is 341 g/mol. The largest absolute Gasteiger partial charge is 1.00 e. The first-order valence-electron chi connectivity index (χ1n) is 6.74. The molecule has 0 radical (unpaired) electrons. The van der Waals surface area contributed by atoms with E-state index >= 15 is 0 Å². The number of carbonyl (C=O) groups excluding carboxylic acids is 2. The van der Waals surface area contributed by atoms with Crippen LogP contribution in [0.25, 0.3) is 10.6 Å². The summed E-state index contributed by atoms with van der Waals surface area (Å²) in [5.41, 5.74) is -0.226. The molecular formula is C15H16N3NaO3S. The number of hydrogen-bond donors (Lipinski definition) is 1. The molecule has 0 unspecified atom stereocenters. The number of carboxylic acid groups (broad SMARTS) is 1. The van der Waals surface area contributed by atoms with Gasteiger partial charge in [-0.25, -0.2) is 0 Å². The molecule has 1 heterocycles. The van der Waals surface area contributed by atoms with Gasteiger partial charge in [-0.1, -0.05) is 55.5 Å². The number of rotatable bonds is 6. The van der Waals surface area contributed by atoms with E-state index in [1.165, 1.54) is 25.2 Å². The van der Waals surface area contributed by atoms with Crippen LogP contribution in [0.2, 0.25) is 0 Å². The first-order valence-corrected chi connectivity index (χ1v) is 7.56. The summed E-state index contributed by atoms with van der Waals surface area (Å²) in [6, 6.07) is 9.63.